The highest BCUT2D eigenvalue weighted by Gasteiger charge is 2.11. The lowest BCUT2D eigenvalue weighted by Crippen LogP contribution is -2.15. The van der Waals surface area contributed by atoms with Crippen LogP contribution in [0.15, 0.2) is 36.5 Å². The second kappa shape index (κ2) is 5.84. The highest BCUT2D eigenvalue weighted by atomic mass is 32.2. The summed E-state index contributed by atoms with van der Waals surface area (Å²) in [5.74, 6) is -0.664. The lowest BCUT2D eigenvalue weighted by Gasteiger charge is -2.13. The summed E-state index contributed by atoms with van der Waals surface area (Å²) in [4.78, 5) is 15.2. The molecule has 0 spiro atoms. The molecule has 0 aliphatic rings. The van der Waals surface area contributed by atoms with Gasteiger partial charge in [0.2, 0.25) is 0 Å². The van der Waals surface area contributed by atoms with Crippen molar-refractivity contribution >= 4 is 28.3 Å². The second-order valence-electron chi connectivity index (χ2n) is 4.06. The summed E-state index contributed by atoms with van der Waals surface area (Å²) in [5, 5.41) is 0.989. The number of aromatic nitrogens is 1. The Hall–Kier alpha value is -1.59. The summed E-state index contributed by atoms with van der Waals surface area (Å²) in [6, 6.07) is 9.48. The zero-order chi connectivity index (χ0) is 13.0. The van der Waals surface area contributed by atoms with E-state index in [0.717, 1.165) is 16.5 Å². The predicted molar refractivity (Wildman–Crippen MR) is 68.8 cm³/mol. The van der Waals surface area contributed by atoms with Gasteiger partial charge in [0.1, 0.15) is 6.29 Å². The molecule has 5 heteroatoms. The highest BCUT2D eigenvalue weighted by molar-refractivity contribution is 7.79. The third-order valence-corrected chi connectivity index (χ3v) is 3.44. The highest BCUT2D eigenvalue weighted by Crippen LogP contribution is 2.18. The van der Waals surface area contributed by atoms with Crippen LogP contribution in [-0.2, 0) is 22.3 Å². The minimum absolute atomic E-state index is 0.146. The van der Waals surface area contributed by atoms with Crippen LogP contribution in [0.5, 0.6) is 0 Å². The summed E-state index contributed by atoms with van der Waals surface area (Å²) in [7, 11) is 0. The van der Waals surface area contributed by atoms with Crippen molar-refractivity contribution in [2.75, 3.05) is 5.75 Å². The summed E-state index contributed by atoms with van der Waals surface area (Å²) in [6.07, 6.45) is 2.77. The van der Waals surface area contributed by atoms with Crippen molar-refractivity contribution in [3.63, 3.8) is 0 Å². The molecule has 1 aromatic carbocycles. The molecule has 0 radical (unpaired) electrons. The molecule has 0 saturated heterocycles. The average Bonchev–Trinajstić information content (AvgIpc) is 2.38. The number of rotatable bonds is 5. The van der Waals surface area contributed by atoms with Gasteiger partial charge in [0.25, 0.3) is 0 Å². The van der Waals surface area contributed by atoms with Crippen molar-refractivity contribution in [1.29, 1.82) is 0 Å². The quantitative estimate of drug-likeness (QED) is 0.604. The van der Waals surface area contributed by atoms with Gasteiger partial charge in [-0.1, -0.05) is 35.3 Å². The number of benzene rings is 1. The average molecular weight is 262 g/mol. The maximum Gasteiger partial charge on any atom is 0.124 e. The van der Waals surface area contributed by atoms with Gasteiger partial charge in [0, 0.05) is 23.3 Å². The van der Waals surface area contributed by atoms with Crippen molar-refractivity contribution in [3.05, 3.63) is 42.1 Å². The number of hydrogen-bond acceptors (Lipinski definition) is 4. The molecule has 4 nitrogen and oxygen atoms in total. The first kappa shape index (κ1) is 12.9. The molecule has 0 aliphatic heterocycles. The Morgan fingerprint density at radius 2 is 2.11 bits per heavy atom. The summed E-state index contributed by atoms with van der Waals surface area (Å²) in [6.45, 7) is 0. The van der Waals surface area contributed by atoms with E-state index in [2.05, 4.69) is 4.98 Å². The number of aldehydes is 1. The van der Waals surface area contributed by atoms with Gasteiger partial charge in [-0.2, -0.15) is 0 Å². The molecule has 2 atom stereocenters. The van der Waals surface area contributed by atoms with Crippen LogP contribution in [0.2, 0.25) is 0 Å². The first-order valence-corrected chi connectivity index (χ1v) is 6.79. The van der Waals surface area contributed by atoms with Crippen LogP contribution in [0.4, 0.5) is 0 Å². The number of pyridine rings is 1. The third kappa shape index (κ3) is 3.00. The number of para-hydroxylation sites is 1. The Morgan fingerprint density at radius 3 is 2.83 bits per heavy atom. The Balaban J connectivity index is 2.30. The van der Waals surface area contributed by atoms with Gasteiger partial charge in [-0.25, -0.2) is 0 Å². The number of carbonyl (C=O) groups excluding carboxylic acids is 1. The molecule has 0 saturated carbocycles. The SMILES string of the molecule is O=CC(Cc1cccc2cccnc12)CS(=O)[O-]. The fraction of sp³-hybridized carbons (Fsp3) is 0.231. The Kier molecular flexibility index (Phi) is 4.17. The molecular weight excluding hydrogens is 250 g/mol. The van der Waals surface area contributed by atoms with E-state index in [1.54, 1.807) is 6.20 Å². The number of hydrogen-bond donors (Lipinski definition) is 0. The zero-order valence-electron chi connectivity index (χ0n) is 9.61. The zero-order valence-corrected chi connectivity index (χ0v) is 10.4. The van der Waals surface area contributed by atoms with Crippen molar-refractivity contribution in [2.24, 2.45) is 5.92 Å². The Morgan fingerprint density at radius 1 is 1.33 bits per heavy atom. The molecule has 1 aromatic heterocycles. The maximum atomic E-state index is 10.9. The van der Waals surface area contributed by atoms with Crippen LogP contribution in [0.3, 0.4) is 0 Å². The minimum atomic E-state index is -2.20. The number of fused-ring (bicyclic) bond motifs is 1. The van der Waals surface area contributed by atoms with Crippen LogP contribution in [0, 0.1) is 5.92 Å². The van der Waals surface area contributed by atoms with Gasteiger partial charge < -0.3 is 9.35 Å². The fourth-order valence-electron chi connectivity index (χ4n) is 1.94. The molecule has 94 valence electrons. The Labute approximate surface area is 107 Å². The monoisotopic (exact) mass is 262 g/mol. The summed E-state index contributed by atoms with van der Waals surface area (Å²) >= 11 is -2.20. The van der Waals surface area contributed by atoms with E-state index in [1.165, 1.54) is 0 Å². The van der Waals surface area contributed by atoms with Gasteiger partial charge >= 0.3 is 0 Å². The first-order valence-electron chi connectivity index (χ1n) is 5.54. The summed E-state index contributed by atoms with van der Waals surface area (Å²) < 4.78 is 21.3. The first-order chi connectivity index (χ1) is 8.70. The van der Waals surface area contributed by atoms with E-state index >= 15 is 0 Å². The number of nitrogens with zero attached hydrogens (tertiary/aromatic N) is 1. The largest absolute Gasteiger partial charge is 0.772 e. The molecule has 0 amide bonds. The molecule has 1 heterocycles. The maximum absolute atomic E-state index is 10.9. The van der Waals surface area contributed by atoms with Crippen molar-refractivity contribution in [1.82, 2.24) is 4.98 Å². The molecule has 18 heavy (non-hydrogen) atoms. The molecule has 2 aromatic rings. The standard InChI is InChI=1S/C13H13NO3S/c15-8-10(9-18(16)17)7-12-4-1-3-11-5-2-6-14-13(11)12/h1-6,8,10H,7,9H2,(H,16,17)/p-1. The topological polar surface area (TPSA) is 70.1 Å². The van der Waals surface area contributed by atoms with Crippen molar-refractivity contribution in [3.8, 4) is 0 Å². The van der Waals surface area contributed by atoms with Crippen molar-refractivity contribution < 1.29 is 13.6 Å². The van der Waals surface area contributed by atoms with E-state index in [4.69, 9.17) is 0 Å². The molecule has 0 bridgehead atoms. The second-order valence-corrected chi connectivity index (χ2v) is 5.00. The normalized spacial score (nSPS) is 14.3. The van der Waals surface area contributed by atoms with E-state index in [1.807, 2.05) is 30.3 Å². The van der Waals surface area contributed by atoms with Crippen molar-refractivity contribution in [2.45, 2.75) is 6.42 Å². The van der Waals surface area contributed by atoms with Gasteiger partial charge in [-0.3, -0.25) is 9.19 Å². The van der Waals surface area contributed by atoms with Gasteiger partial charge in [-0.15, -0.1) is 0 Å². The molecule has 0 fully saturated rings. The van der Waals surface area contributed by atoms with E-state index in [-0.39, 0.29) is 5.75 Å². The molecule has 2 rings (SSSR count). The van der Waals surface area contributed by atoms with E-state index in [0.29, 0.717) is 12.7 Å². The third-order valence-electron chi connectivity index (χ3n) is 2.74. The van der Waals surface area contributed by atoms with Crippen LogP contribution in [0.25, 0.3) is 10.9 Å². The summed E-state index contributed by atoms with van der Waals surface area (Å²) in [5.41, 5.74) is 1.72. The van der Waals surface area contributed by atoms with E-state index < -0.39 is 17.0 Å². The Bertz CT molecular complexity index is 580. The lowest BCUT2D eigenvalue weighted by atomic mass is 10.00. The fourth-order valence-corrected chi connectivity index (χ4v) is 2.48. The lowest BCUT2D eigenvalue weighted by molar-refractivity contribution is -0.110. The molecular formula is C13H12NO3S-. The van der Waals surface area contributed by atoms with Crippen LogP contribution < -0.4 is 0 Å². The van der Waals surface area contributed by atoms with Crippen LogP contribution >= 0.6 is 0 Å². The number of carbonyl (C=O) groups is 1. The smallest absolute Gasteiger partial charge is 0.124 e. The van der Waals surface area contributed by atoms with Crippen LogP contribution in [0.1, 0.15) is 5.56 Å². The molecule has 2 unspecified atom stereocenters. The van der Waals surface area contributed by atoms with Gasteiger partial charge in [-0.05, 0) is 18.1 Å². The predicted octanol–water partition coefficient (Wildman–Crippen LogP) is 1.47. The molecule has 0 aliphatic carbocycles. The minimum Gasteiger partial charge on any atom is -0.772 e. The van der Waals surface area contributed by atoms with Gasteiger partial charge in [0.15, 0.2) is 0 Å². The van der Waals surface area contributed by atoms with Gasteiger partial charge in [0.05, 0.1) is 5.52 Å². The van der Waals surface area contributed by atoms with Crippen LogP contribution in [-0.4, -0.2) is 25.8 Å². The van der Waals surface area contributed by atoms with E-state index in [9.17, 15) is 13.6 Å². The molecule has 0 N–H and O–H groups in total.